The van der Waals surface area contributed by atoms with Crippen molar-refractivity contribution in [3.05, 3.63) is 113 Å². The summed E-state index contributed by atoms with van der Waals surface area (Å²) in [6.07, 6.45) is -1.54. The van der Waals surface area contributed by atoms with Crippen LogP contribution >= 0.6 is 0 Å². The van der Waals surface area contributed by atoms with Gasteiger partial charge in [-0.15, -0.1) is 0 Å². The Kier molecular flexibility index (Phi) is 11.6. The molecule has 3 aromatic carbocycles. The van der Waals surface area contributed by atoms with Crippen LogP contribution in [0.5, 0.6) is 0 Å². The van der Waals surface area contributed by atoms with Crippen LogP contribution in [0.15, 0.2) is 91.0 Å². The Bertz CT molecular complexity index is 1690. The third-order valence-electron chi connectivity index (χ3n) is 8.68. The molecule has 2 aliphatic heterocycles. The molecule has 3 aromatic rings. The second kappa shape index (κ2) is 16.0. The maximum absolute atomic E-state index is 14.2. The summed E-state index contributed by atoms with van der Waals surface area (Å²) < 4.78 is 45.2. The first-order chi connectivity index (χ1) is 23.9. The number of cyclic esters (lactones) is 1. The molecule has 5 rings (SSSR count). The zero-order valence-corrected chi connectivity index (χ0v) is 27.8. The molecule has 2 fully saturated rings. The summed E-state index contributed by atoms with van der Waals surface area (Å²) >= 11 is 0. The Morgan fingerprint density at radius 2 is 1.68 bits per heavy atom. The summed E-state index contributed by atoms with van der Waals surface area (Å²) in [6, 6.07) is 19.4. The number of benzene rings is 3. The molecule has 4 amide bonds. The quantitative estimate of drug-likeness (QED) is 0.189. The van der Waals surface area contributed by atoms with Gasteiger partial charge >= 0.3 is 12.3 Å². The Hall–Kier alpha value is -5.17. The van der Waals surface area contributed by atoms with E-state index in [0.717, 1.165) is 23.3 Å². The molecule has 4 atom stereocenters. The summed E-state index contributed by atoms with van der Waals surface area (Å²) in [5.74, 6) is -1.74. The van der Waals surface area contributed by atoms with Crippen molar-refractivity contribution < 1.29 is 37.1 Å². The Morgan fingerprint density at radius 1 is 0.980 bits per heavy atom. The Morgan fingerprint density at radius 3 is 2.36 bits per heavy atom. The normalized spacial score (nSPS) is 19.8. The first-order valence-electron chi connectivity index (χ1n) is 16.3. The van der Waals surface area contributed by atoms with Crippen molar-refractivity contribution in [2.45, 2.75) is 49.7 Å². The highest BCUT2D eigenvalue weighted by atomic mass is 19.4. The number of rotatable bonds is 14. The van der Waals surface area contributed by atoms with Crippen LogP contribution in [0.2, 0.25) is 0 Å². The summed E-state index contributed by atoms with van der Waals surface area (Å²) in [7, 11) is 3.79. The van der Waals surface area contributed by atoms with Gasteiger partial charge in [0.2, 0.25) is 17.7 Å². The zero-order valence-electron chi connectivity index (χ0n) is 27.8. The molecule has 2 N–H and O–H groups in total. The van der Waals surface area contributed by atoms with Gasteiger partial charge in [-0.1, -0.05) is 84.9 Å². The smallest absolute Gasteiger partial charge is 0.416 e. The van der Waals surface area contributed by atoms with Crippen molar-refractivity contribution >= 4 is 29.9 Å². The van der Waals surface area contributed by atoms with Gasteiger partial charge in [0.15, 0.2) is 0 Å². The van der Waals surface area contributed by atoms with Gasteiger partial charge in [0.1, 0.15) is 18.7 Å². The minimum atomic E-state index is -4.55. The van der Waals surface area contributed by atoms with Gasteiger partial charge in [0.05, 0.1) is 24.1 Å². The topological polar surface area (TPSA) is 111 Å². The standard InChI is InChI=1S/C37H40F3N5O5/c1-43(2)20-10-19-41-34(47)30(22-32(46)42-23-26-13-9-16-28(21-26)37(38,39)40)44-29(18-17-25-11-5-3-6-12-25)33(35(44)48)45-31(24-50-36(45)49)27-14-7-4-8-15-27/h3-9,11-18,21,29-31,33H,10,19-20,22-24H2,1-2H3,(H,41,47)(H,42,46)/b18-17+/t29-,30+,31-,33+/m1/s1. The van der Waals surface area contributed by atoms with E-state index < -0.39 is 66.1 Å². The predicted molar refractivity (Wildman–Crippen MR) is 180 cm³/mol. The zero-order chi connectivity index (χ0) is 35.8. The van der Waals surface area contributed by atoms with Crippen molar-refractivity contribution in [3.63, 3.8) is 0 Å². The van der Waals surface area contributed by atoms with E-state index in [1.165, 1.54) is 21.9 Å². The average molecular weight is 692 g/mol. The minimum Gasteiger partial charge on any atom is -0.447 e. The van der Waals surface area contributed by atoms with Crippen molar-refractivity contribution in [1.29, 1.82) is 0 Å². The van der Waals surface area contributed by atoms with E-state index in [1.807, 2.05) is 79.7 Å². The van der Waals surface area contributed by atoms with Crippen molar-refractivity contribution in [1.82, 2.24) is 25.3 Å². The number of carbonyl (C=O) groups is 4. The van der Waals surface area contributed by atoms with Gasteiger partial charge in [0, 0.05) is 13.1 Å². The molecule has 0 unspecified atom stereocenters. The molecule has 0 radical (unpaired) electrons. The lowest BCUT2D eigenvalue weighted by Crippen LogP contribution is -2.74. The van der Waals surface area contributed by atoms with Crippen LogP contribution < -0.4 is 10.6 Å². The average Bonchev–Trinajstić information content (AvgIpc) is 3.47. The SMILES string of the molecule is CN(C)CCCNC(=O)[C@H](CC(=O)NCc1cccc(C(F)(F)F)c1)N1C(=O)[C@@H](N2C(=O)OC[C@@H]2c2ccccc2)[C@H]1/C=C/c1ccccc1. The summed E-state index contributed by atoms with van der Waals surface area (Å²) in [4.78, 5) is 59.1. The van der Waals surface area contributed by atoms with Gasteiger partial charge < -0.3 is 25.2 Å². The molecule has 0 spiro atoms. The van der Waals surface area contributed by atoms with Gasteiger partial charge in [-0.05, 0) is 55.9 Å². The van der Waals surface area contributed by atoms with Gasteiger partial charge in [0.25, 0.3) is 0 Å². The van der Waals surface area contributed by atoms with Crippen LogP contribution in [0.3, 0.4) is 0 Å². The molecular formula is C37H40F3N5O5. The molecule has 13 heteroatoms. The van der Waals surface area contributed by atoms with Gasteiger partial charge in [-0.25, -0.2) is 4.79 Å². The highest BCUT2D eigenvalue weighted by Crippen LogP contribution is 2.39. The molecular weight excluding hydrogens is 651 g/mol. The molecule has 2 heterocycles. The van der Waals surface area contributed by atoms with E-state index in [1.54, 1.807) is 12.2 Å². The number of ether oxygens (including phenoxy) is 1. The van der Waals surface area contributed by atoms with E-state index in [2.05, 4.69) is 10.6 Å². The van der Waals surface area contributed by atoms with Crippen LogP contribution in [-0.2, 0) is 31.8 Å². The van der Waals surface area contributed by atoms with Gasteiger partial charge in [-0.2, -0.15) is 13.2 Å². The van der Waals surface area contributed by atoms with Crippen molar-refractivity contribution in [2.75, 3.05) is 33.8 Å². The van der Waals surface area contributed by atoms with Crippen LogP contribution in [0, 0.1) is 0 Å². The number of hydrogen-bond donors (Lipinski definition) is 2. The number of carbonyl (C=O) groups excluding carboxylic acids is 4. The third kappa shape index (κ3) is 8.70. The monoisotopic (exact) mass is 691 g/mol. The summed E-state index contributed by atoms with van der Waals surface area (Å²) in [5, 5.41) is 5.44. The number of likely N-dealkylation sites (tertiary alicyclic amines) is 1. The molecule has 264 valence electrons. The molecule has 50 heavy (non-hydrogen) atoms. The van der Waals surface area contributed by atoms with E-state index in [9.17, 15) is 32.3 Å². The number of alkyl halides is 3. The minimum absolute atomic E-state index is 0.0372. The summed E-state index contributed by atoms with van der Waals surface area (Å²) in [6.45, 7) is 0.791. The second-order valence-corrected chi connectivity index (χ2v) is 12.5. The molecule has 0 aromatic heterocycles. The van der Waals surface area contributed by atoms with E-state index in [-0.39, 0.29) is 25.3 Å². The lowest BCUT2D eigenvalue weighted by Gasteiger charge is -2.52. The largest absolute Gasteiger partial charge is 0.447 e. The lowest BCUT2D eigenvalue weighted by atomic mass is 9.87. The first-order valence-corrected chi connectivity index (χ1v) is 16.3. The Labute approximate surface area is 288 Å². The van der Waals surface area contributed by atoms with Crippen LogP contribution in [0.25, 0.3) is 6.08 Å². The van der Waals surface area contributed by atoms with Crippen LogP contribution in [0.4, 0.5) is 18.0 Å². The number of hydrogen-bond acceptors (Lipinski definition) is 6. The van der Waals surface area contributed by atoms with E-state index in [0.29, 0.717) is 13.0 Å². The number of nitrogens with one attached hydrogen (secondary N) is 2. The number of nitrogens with zero attached hydrogens (tertiary/aromatic N) is 3. The lowest BCUT2D eigenvalue weighted by molar-refractivity contribution is -0.163. The summed E-state index contributed by atoms with van der Waals surface area (Å²) in [5.41, 5.74) is 0.970. The molecule has 0 bridgehead atoms. The fourth-order valence-electron chi connectivity index (χ4n) is 6.15. The fraction of sp³-hybridized carbons (Fsp3) is 0.351. The maximum atomic E-state index is 14.2. The Balaban J connectivity index is 1.42. The molecule has 10 nitrogen and oxygen atoms in total. The van der Waals surface area contributed by atoms with Crippen LogP contribution in [0.1, 0.15) is 41.1 Å². The fourth-order valence-corrected chi connectivity index (χ4v) is 6.15. The third-order valence-corrected chi connectivity index (χ3v) is 8.68. The predicted octanol–water partition coefficient (Wildman–Crippen LogP) is 4.63. The molecule has 2 saturated heterocycles. The highest BCUT2D eigenvalue weighted by molar-refractivity contribution is 5.99. The number of β-lactam (4-membered cyclic amide) rings is 1. The van der Waals surface area contributed by atoms with Gasteiger partial charge in [-0.3, -0.25) is 19.3 Å². The van der Waals surface area contributed by atoms with Crippen molar-refractivity contribution in [2.24, 2.45) is 0 Å². The molecule has 0 saturated carbocycles. The molecule has 0 aliphatic carbocycles. The van der Waals surface area contributed by atoms with E-state index in [4.69, 9.17) is 4.74 Å². The first kappa shape index (κ1) is 36.1. The maximum Gasteiger partial charge on any atom is 0.416 e. The highest BCUT2D eigenvalue weighted by Gasteiger charge is 2.58. The van der Waals surface area contributed by atoms with Crippen molar-refractivity contribution in [3.8, 4) is 0 Å². The number of amides is 4. The van der Waals surface area contributed by atoms with Crippen LogP contribution in [-0.4, -0.2) is 90.4 Å². The van der Waals surface area contributed by atoms with E-state index >= 15 is 0 Å². The second-order valence-electron chi connectivity index (χ2n) is 12.5. The molecule has 2 aliphatic rings. The number of halogens is 3.